The van der Waals surface area contributed by atoms with Crippen LogP contribution in [0.25, 0.3) is 0 Å². The van der Waals surface area contributed by atoms with Crippen LogP contribution in [0.3, 0.4) is 0 Å². The number of nitrogens with one attached hydrogen (secondary N) is 1. The van der Waals surface area contributed by atoms with Crippen molar-refractivity contribution in [3.63, 3.8) is 0 Å². The van der Waals surface area contributed by atoms with Gasteiger partial charge in [-0.2, -0.15) is 0 Å². The van der Waals surface area contributed by atoms with Crippen LogP contribution in [0.2, 0.25) is 5.02 Å². The molecule has 1 saturated carbocycles. The van der Waals surface area contributed by atoms with Gasteiger partial charge < -0.3 is 5.32 Å². The number of benzene rings is 1. The fraction of sp³-hybridized carbons (Fsp3) is 0.684. The van der Waals surface area contributed by atoms with Crippen LogP contribution in [0.15, 0.2) is 18.2 Å². The Hall–Kier alpha value is -0.530. The van der Waals surface area contributed by atoms with Gasteiger partial charge in [-0.1, -0.05) is 50.8 Å². The smallest absolute Gasteiger partial charge is 0.0409 e. The average molecular weight is 306 g/mol. The summed E-state index contributed by atoms with van der Waals surface area (Å²) >= 11 is 6.24. The highest BCUT2D eigenvalue weighted by atomic mass is 35.5. The molecule has 1 aromatic carbocycles. The Morgan fingerprint density at radius 1 is 1.19 bits per heavy atom. The molecule has 2 atom stereocenters. The Bertz CT molecular complexity index is 502. The lowest BCUT2D eigenvalue weighted by Gasteiger charge is -2.36. The standard InChI is InChI=1S/C19H28ClN/c1-13(14-7-5-4-6-8-14)21-18-17-11-16(20)10-9-15(17)12-19(18,2)3/h9-11,13-14,18,21H,4-8,12H2,1-3H3/t13-,18?/m0/s1. The van der Waals surface area contributed by atoms with E-state index in [4.69, 9.17) is 11.6 Å². The molecule has 0 aliphatic heterocycles. The molecule has 0 bridgehead atoms. The highest BCUT2D eigenvalue weighted by Gasteiger charge is 2.40. The van der Waals surface area contributed by atoms with E-state index in [2.05, 4.69) is 38.2 Å². The van der Waals surface area contributed by atoms with E-state index in [1.54, 1.807) is 0 Å². The minimum absolute atomic E-state index is 0.274. The van der Waals surface area contributed by atoms with Gasteiger partial charge in [0.25, 0.3) is 0 Å². The van der Waals surface area contributed by atoms with Crippen LogP contribution in [-0.4, -0.2) is 6.04 Å². The zero-order valence-electron chi connectivity index (χ0n) is 13.6. The summed E-state index contributed by atoms with van der Waals surface area (Å²) in [5.74, 6) is 0.845. The Kier molecular flexibility index (Phi) is 4.34. The molecule has 2 heteroatoms. The van der Waals surface area contributed by atoms with Gasteiger partial charge in [-0.15, -0.1) is 0 Å². The monoisotopic (exact) mass is 305 g/mol. The van der Waals surface area contributed by atoms with E-state index in [9.17, 15) is 0 Å². The molecule has 0 aromatic heterocycles. The Morgan fingerprint density at radius 2 is 1.90 bits per heavy atom. The molecule has 1 unspecified atom stereocenters. The van der Waals surface area contributed by atoms with Gasteiger partial charge in [-0.3, -0.25) is 0 Å². The largest absolute Gasteiger partial charge is 0.307 e. The maximum atomic E-state index is 6.24. The molecular weight excluding hydrogens is 278 g/mol. The molecule has 0 amide bonds. The maximum Gasteiger partial charge on any atom is 0.0409 e. The van der Waals surface area contributed by atoms with Crippen molar-refractivity contribution in [2.45, 2.75) is 71.4 Å². The molecule has 0 radical (unpaired) electrons. The molecule has 0 saturated heterocycles. The molecule has 0 heterocycles. The van der Waals surface area contributed by atoms with Gasteiger partial charge in [-0.25, -0.2) is 0 Å². The lowest BCUT2D eigenvalue weighted by molar-refractivity contribution is 0.203. The van der Waals surface area contributed by atoms with E-state index in [1.807, 2.05) is 6.07 Å². The lowest BCUT2D eigenvalue weighted by atomic mass is 9.81. The number of hydrogen-bond donors (Lipinski definition) is 1. The summed E-state index contributed by atoms with van der Waals surface area (Å²) < 4.78 is 0. The van der Waals surface area contributed by atoms with E-state index < -0.39 is 0 Å². The van der Waals surface area contributed by atoms with Crippen molar-refractivity contribution in [3.8, 4) is 0 Å². The van der Waals surface area contributed by atoms with Crippen molar-refractivity contribution in [3.05, 3.63) is 34.3 Å². The Morgan fingerprint density at radius 3 is 2.62 bits per heavy atom. The molecular formula is C19H28ClN. The van der Waals surface area contributed by atoms with Crippen molar-refractivity contribution < 1.29 is 0 Å². The molecule has 2 aliphatic rings. The van der Waals surface area contributed by atoms with Gasteiger partial charge >= 0.3 is 0 Å². The topological polar surface area (TPSA) is 12.0 Å². The van der Waals surface area contributed by atoms with Gasteiger partial charge in [0.05, 0.1) is 0 Å². The number of rotatable bonds is 3. The molecule has 1 fully saturated rings. The molecule has 2 aliphatic carbocycles. The van der Waals surface area contributed by atoms with Gasteiger partial charge in [0.15, 0.2) is 0 Å². The molecule has 21 heavy (non-hydrogen) atoms. The maximum absolute atomic E-state index is 6.24. The van der Waals surface area contributed by atoms with Crippen LogP contribution in [-0.2, 0) is 6.42 Å². The van der Waals surface area contributed by atoms with Crippen molar-refractivity contribution in [2.24, 2.45) is 11.3 Å². The van der Waals surface area contributed by atoms with E-state index in [0.29, 0.717) is 12.1 Å². The van der Waals surface area contributed by atoms with E-state index in [-0.39, 0.29) is 5.41 Å². The quantitative estimate of drug-likeness (QED) is 0.775. The highest BCUT2D eigenvalue weighted by molar-refractivity contribution is 6.30. The fourth-order valence-electron chi connectivity index (χ4n) is 4.36. The first-order chi connectivity index (χ1) is 9.97. The van der Waals surface area contributed by atoms with Crippen molar-refractivity contribution in [2.75, 3.05) is 0 Å². The average Bonchev–Trinajstić information content (AvgIpc) is 2.71. The van der Waals surface area contributed by atoms with Crippen molar-refractivity contribution in [1.29, 1.82) is 0 Å². The second-order valence-electron chi connectivity index (χ2n) is 7.79. The Labute approximate surface area is 134 Å². The Balaban J connectivity index is 1.78. The van der Waals surface area contributed by atoms with Gasteiger partial charge in [0, 0.05) is 17.1 Å². The van der Waals surface area contributed by atoms with Crippen LogP contribution < -0.4 is 5.32 Å². The van der Waals surface area contributed by atoms with Gasteiger partial charge in [0.1, 0.15) is 0 Å². The van der Waals surface area contributed by atoms with Gasteiger partial charge in [-0.05, 0) is 60.8 Å². The highest BCUT2D eigenvalue weighted by Crippen LogP contribution is 2.46. The predicted octanol–water partition coefficient (Wildman–Crippen LogP) is 5.52. The minimum Gasteiger partial charge on any atom is -0.307 e. The molecule has 3 rings (SSSR count). The van der Waals surface area contributed by atoms with Crippen molar-refractivity contribution >= 4 is 11.6 Å². The second-order valence-corrected chi connectivity index (χ2v) is 8.23. The normalized spacial score (nSPS) is 26.6. The third kappa shape index (κ3) is 3.14. The first kappa shape index (κ1) is 15.4. The second kappa shape index (κ2) is 5.93. The van der Waals surface area contributed by atoms with E-state index in [0.717, 1.165) is 17.4 Å². The first-order valence-electron chi connectivity index (χ1n) is 8.52. The van der Waals surface area contributed by atoms with Gasteiger partial charge in [0.2, 0.25) is 0 Å². The number of hydrogen-bond acceptors (Lipinski definition) is 1. The zero-order chi connectivity index (χ0) is 15.0. The molecule has 1 aromatic rings. The van der Waals surface area contributed by atoms with Crippen molar-refractivity contribution in [1.82, 2.24) is 5.32 Å². The summed E-state index contributed by atoms with van der Waals surface area (Å²) in [6, 6.07) is 7.45. The summed E-state index contributed by atoms with van der Waals surface area (Å²) in [4.78, 5) is 0. The molecule has 1 N–H and O–H groups in total. The summed E-state index contributed by atoms with van der Waals surface area (Å²) in [7, 11) is 0. The summed E-state index contributed by atoms with van der Waals surface area (Å²) in [6.07, 6.45) is 8.18. The summed E-state index contributed by atoms with van der Waals surface area (Å²) in [5, 5.41) is 4.83. The zero-order valence-corrected chi connectivity index (χ0v) is 14.3. The van der Waals surface area contributed by atoms with E-state index in [1.165, 1.54) is 43.2 Å². The lowest BCUT2D eigenvalue weighted by Crippen LogP contribution is -2.41. The third-order valence-corrected chi connectivity index (χ3v) is 5.87. The molecule has 116 valence electrons. The van der Waals surface area contributed by atoms with Crippen LogP contribution in [0.5, 0.6) is 0 Å². The van der Waals surface area contributed by atoms with Crippen LogP contribution >= 0.6 is 11.6 Å². The van der Waals surface area contributed by atoms with Crippen LogP contribution in [0.4, 0.5) is 0 Å². The summed E-state index contributed by atoms with van der Waals surface area (Å²) in [6.45, 7) is 7.15. The number of halogens is 1. The third-order valence-electron chi connectivity index (χ3n) is 5.63. The van der Waals surface area contributed by atoms with Crippen LogP contribution in [0.1, 0.15) is 70.0 Å². The fourth-order valence-corrected chi connectivity index (χ4v) is 4.54. The molecule has 1 nitrogen and oxygen atoms in total. The first-order valence-corrected chi connectivity index (χ1v) is 8.89. The predicted molar refractivity (Wildman–Crippen MR) is 90.9 cm³/mol. The SMILES string of the molecule is C[C@H](NC1c2cc(Cl)ccc2CC1(C)C)C1CCCCC1. The number of fused-ring (bicyclic) bond motifs is 1. The molecule has 0 spiro atoms. The van der Waals surface area contributed by atoms with E-state index >= 15 is 0 Å². The summed E-state index contributed by atoms with van der Waals surface area (Å²) in [5.41, 5.74) is 3.17. The minimum atomic E-state index is 0.274. The van der Waals surface area contributed by atoms with Crippen LogP contribution in [0, 0.1) is 11.3 Å².